The zero-order chi connectivity index (χ0) is 14.3. The lowest BCUT2D eigenvalue weighted by atomic mass is 9.90. The van der Waals surface area contributed by atoms with Crippen molar-refractivity contribution in [1.82, 2.24) is 0 Å². The fraction of sp³-hybridized carbons (Fsp3) is 0.500. The molecule has 1 aromatic carbocycles. The monoisotopic (exact) mass is 280 g/mol. The number of methoxy groups -OCH3 is 2. The highest BCUT2D eigenvalue weighted by Gasteiger charge is 2.48. The molecule has 3 rings (SSSR count). The van der Waals surface area contributed by atoms with Gasteiger partial charge in [0.15, 0.2) is 11.5 Å². The van der Waals surface area contributed by atoms with Crippen LogP contribution in [0.5, 0.6) is 17.2 Å². The van der Waals surface area contributed by atoms with Gasteiger partial charge in [0.25, 0.3) is 0 Å². The maximum absolute atomic E-state index is 11.5. The van der Waals surface area contributed by atoms with E-state index in [1.807, 2.05) is 0 Å². The second kappa shape index (κ2) is 4.86. The summed E-state index contributed by atoms with van der Waals surface area (Å²) in [5.74, 6) is 0.183. The Morgan fingerprint density at radius 2 is 1.85 bits per heavy atom. The molecule has 2 saturated heterocycles. The number of rotatable bonds is 3. The van der Waals surface area contributed by atoms with Crippen molar-refractivity contribution in [3.63, 3.8) is 0 Å². The van der Waals surface area contributed by atoms with Crippen molar-refractivity contribution in [2.45, 2.75) is 6.10 Å². The van der Waals surface area contributed by atoms with Crippen LogP contribution in [0.3, 0.4) is 0 Å². The molecule has 6 heteroatoms. The van der Waals surface area contributed by atoms with E-state index in [0.29, 0.717) is 24.7 Å². The summed E-state index contributed by atoms with van der Waals surface area (Å²) in [6, 6.07) is 3.40. The van der Waals surface area contributed by atoms with E-state index >= 15 is 0 Å². The Labute approximate surface area is 116 Å². The molecule has 0 saturated carbocycles. The van der Waals surface area contributed by atoms with Crippen molar-refractivity contribution in [2.24, 2.45) is 11.8 Å². The molecule has 0 amide bonds. The van der Waals surface area contributed by atoms with Crippen LogP contribution in [-0.4, -0.2) is 38.5 Å². The highest BCUT2D eigenvalue weighted by molar-refractivity contribution is 5.75. The van der Waals surface area contributed by atoms with Crippen LogP contribution in [-0.2, 0) is 14.3 Å². The van der Waals surface area contributed by atoms with Gasteiger partial charge in [0, 0.05) is 5.92 Å². The van der Waals surface area contributed by atoms with Crippen molar-refractivity contribution in [1.29, 1.82) is 0 Å². The van der Waals surface area contributed by atoms with E-state index in [1.54, 1.807) is 12.1 Å². The van der Waals surface area contributed by atoms with Crippen LogP contribution in [0.2, 0.25) is 0 Å². The number of hydrogen-bond acceptors (Lipinski definition) is 6. The molecule has 108 valence electrons. The summed E-state index contributed by atoms with van der Waals surface area (Å²) in [7, 11) is 2.94. The number of carbonyl (C=O) groups excluding carboxylic acids is 1. The standard InChI is InChI=1S/C14H16O6/c1-17-10-3-7(4-11(18-2)12(10)15)13-8-5-20-14(16)9(8)6-19-13/h3-4,8-9,13,15H,5-6H2,1-2H3/t8-,9-,13-/m1/s1. The van der Waals surface area contributed by atoms with E-state index in [4.69, 9.17) is 18.9 Å². The number of phenols is 1. The van der Waals surface area contributed by atoms with Gasteiger partial charge in [-0.1, -0.05) is 0 Å². The van der Waals surface area contributed by atoms with E-state index in [-0.39, 0.29) is 29.7 Å². The lowest BCUT2D eigenvalue weighted by Gasteiger charge is -2.18. The molecule has 0 radical (unpaired) electrons. The molecule has 0 bridgehead atoms. The first-order valence-electron chi connectivity index (χ1n) is 6.38. The number of benzene rings is 1. The van der Waals surface area contributed by atoms with Gasteiger partial charge in [0.05, 0.1) is 39.5 Å². The molecular weight excluding hydrogens is 264 g/mol. The normalized spacial score (nSPS) is 28.1. The van der Waals surface area contributed by atoms with Crippen LogP contribution in [0.4, 0.5) is 0 Å². The lowest BCUT2D eigenvalue weighted by molar-refractivity contribution is -0.142. The second-order valence-electron chi connectivity index (χ2n) is 4.93. The third-order valence-corrected chi connectivity index (χ3v) is 3.91. The fourth-order valence-electron chi connectivity index (χ4n) is 2.82. The van der Waals surface area contributed by atoms with Crippen molar-refractivity contribution >= 4 is 5.97 Å². The predicted octanol–water partition coefficient (Wildman–Crippen LogP) is 1.27. The zero-order valence-electron chi connectivity index (χ0n) is 11.3. The summed E-state index contributed by atoms with van der Waals surface area (Å²) in [5.41, 5.74) is 0.808. The van der Waals surface area contributed by atoms with Gasteiger partial charge < -0.3 is 24.1 Å². The lowest BCUT2D eigenvalue weighted by Crippen LogP contribution is -2.14. The van der Waals surface area contributed by atoms with Gasteiger partial charge in [-0.05, 0) is 17.7 Å². The summed E-state index contributed by atoms with van der Waals surface area (Å²) >= 11 is 0. The van der Waals surface area contributed by atoms with Crippen molar-refractivity contribution in [2.75, 3.05) is 27.4 Å². The fourth-order valence-corrected chi connectivity index (χ4v) is 2.82. The number of fused-ring (bicyclic) bond motifs is 1. The van der Waals surface area contributed by atoms with Crippen LogP contribution in [0, 0.1) is 11.8 Å². The molecule has 0 aliphatic carbocycles. The zero-order valence-corrected chi connectivity index (χ0v) is 11.3. The molecule has 2 aliphatic rings. The molecule has 1 N–H and O–H groups in total. The quantitative estimate of drug-likeness (QED) is 0.840. The van der Waals surface area contributed by atoms with Gasteiger partial charge in [-0.3, -0.25) is 4.79 Å². The number of ether oxygens (including phenoxy) is 4. The van der Waals surface area contributed by atoms with Crippen molar-refractivity contribution in [3.8, 4) is 17.2 Å². The Morgan fingerprint density at radius 1 is 1.20 bits per heavy atom. The maximum atomic E-state index is 11.5. The van der Waals surface area contributed by atoms with Crippen LogP contribution in [0.15, 0.2) is 12.1 Å². The summed E-state index contributed by atoms with van der Waals surface area (Å²) in [5, 5.41) is 9.92. The molecular formula is C14H16O6. The molecule has 0 unspecified atom stereocenters. The van der Waals surface area contributed by atoms with Crippen LogP contribution < -0.4 is 9.47 Å². The first kappa shape index (κ1) is 13.1. The number of cyclic esters (lactones) is 1. The molecule has 3 atom stereocenters. The topological polar surface area (TPSA) is 74.2 Å². The first-order valence-corrected chi connectivity index (χ1v) is 6.38. The SMILES string of the molecule is COc1cc([C@H]2OC[C@H]3C(=O)OC[C@@H]23)cc(OC)c1O. The first-order chi connectivity index (χ1) is 9.65. The third-order valence-electron chi connectivity index (χ3n) is 3.91. The molecule has 1 aromatic rings. The second-order valence-corrected chi connectivity index (χ2v) is 4.93. The minimum absolute atomic E-state index is 0.00135. The number of hydrogen-bond donors (Lipinski definition) is 1. The van der Waals surface area contributed by atoms with E-state index in [1.165, 1.54) is 14.2 Å². The van der Waals surface area contributed by atoms with E-state index in [0.717, 1.165) is 5.56 Å². The average Bonchev–Trinajstić information content (AvgIpc) is 3.03. The molecule has 0 spiro atoms. The minimum atomic E-state index is -0.255. The van der Waals surface area contributed by atoms with Crippen LogP contribution >= 0.6 is 0 Å². The number of esters is 1. The molecule has 2 fully saturated rings. The Balaban J connectivity index is 1.96. The van der Waals surface area contributed by atoms with Gasteiger partial charge in [0.1, 0.15) is 0 Å². The Morgan fingerprint density at radius 3 is 2.45 bits per heavy atom. The number of aromatic hydroxyl groups is 1. The maximum Gasteiger partial charge on any atom is 0.311 e. The number of phenolic OH excluding ortho intramolecular Hbond substituents is 1. The largest absolute Gasteiger partial charge is 0.502 e. The van der Waals surface area contributed by atoms with Gasteiger partial charge in [0.2, 0.25) is 5.75 Å². The van der Waals surface area contributed by atoms with Crippen LogP contribution in [0.25, 0.3) is 0 Å². The van der Waals surface area contributed by atoms with E-state index < -0.39 is 0 Å². The minimum Gasteiger partial charge on any atom is -0.502 e. The summed E-state index contributed by atoms with van der Waals surface area (Å²) < 4.78 is 21.1. The summed E-state index contributed by atoms with van der Waals surface area (Å²) in [6.45, 7) is 0.722. The molecule has 2 aliphatic heterocycles. The number of carbonyl (C=O) groups is 1. The van der Waals surface area contributed by atoms with E-state index in [9.17, 15) is 9.90 Å². The van der Waals surface area contributed by atoms with Gasteiger partial charge >= 0.3 is 5.97 Å². The van der Waals surface area contributed by atoms with Crippen LogP contribution in [0.1, 0.15) is 11.7 Å². The average molecular weight is 280 g/mol. The van der Waals surface area contributed by atoms with Gasteiger partial charge in [-0.2, -0.15) is 0 Å². The molecule has 6 nitrogen and oxygen atoms in total. The summed E-state index contributed by atoms with van der Waals surface area (Å²) in [6.07, 6.45) is -0.255. The van der Waals surface area contributed by atoms with E-state index in [2.05, 4.69) is 0 Å². The Kier molecular flexibility index (Phi) is 3.17. The highest BCUT2D eigenvalue weighted by atomic mass is 16.6. The Bertz CT molecular complexity index is 515. The highest BCUT2D eigenvalue weighted by Crippen LogP contribution is 2.46. The van der Waals surface area contributed by atoms with Gasteiger partial charge in [-0.15, -0.1) is 0 Å². The summed E-state index contributed by atoms with van der Waals surface area (Å²) in [4.78, 5) is 11.5. The smallest absolute Gasteiger partial charge is 0.311 e. The van der Waals surface area contributed by atoms with Gasteiger partial charge in [-0.25, -0.2) is 0 Å². The van der Waals surface area contributed by atoms with Crippen molar-refractivity contribution < 1.29 is 28.8 Å². The molecule has 0 aromatic heterocycles. The third kappa shape index (κ3) is 1.87. The predicted molar refractivity (Wildman–Crippen MR) is 67.8 cm³/mol. The Hall–Kier alpha value is -1.95. The van der Waals surface area contributed by atoms with Crippen molar-refractivity contribution in [3.05, 3.63) is 17.7 Å². The molecule has 20 heavy (non-hydrogen) atoms. The molecule has 2 heterocycles.